The number of hydrogen-bond donors (Lipinski definition) is 0. The zero-order chi connectivity index (χ0) is 16.4. The molecular weight excluding hydrogens is 316 g/mol. The molecule has 23 heavy (non-hydrogen) atoms. The molecule has 0 spiro atoms. The van der Waals surface area contributed by atoms with Crippen LogP contribution in [0, 0.1) is 6.92 Å². The second kappa shape index (κ2) is 6.76. The Morgan fingerprint density at radius 1 is 1.39 bits per heavy atom. The highest BCUT2D eigenvalue weighted by Gasteiger charge is 2.26. The van der Waals surface area contributed by atoms with E-state index in [1.165, 1.54) is 0 Å². The number of rotatable bonds is 4. The molecule has 6 nitrogen and oxygen atoms in total. The number of carbonyl (C=O) groups excluding carboxylic acids is 1. The smallest absolute Gasteiger partial charge is 0.247 e. The Bertz CT molecular complexity index is 640. The molecule has 1 atom stereocenters. The van der Waals surface area contributed by atoms with Crippen LogP contribution in [0.2, 0.25) is 5.02 Å². The Kier molecular flexibility index (Phi) is 4.73. The minimum atomic E-state index is -0.335. The van der Waals surface area contributed by atoms with Gasteiger partial charge in [0.25, 0.3) is 0 Å². The molecule has 0 N–H and O–H groups in total. The van der Waals surface area contributed by atoms with Gasteiger partial charge in [-0.2, -0.15) is 5.10 Å². The lowest BCUT2D eigenvalue weighted by atomic mass is 10.2. The molecular formula is C16H21ClN4O2. The lowest BCUT2D eigenvalue weighted by Crippen LogP contribution is -2.49. The van der Waals surface area contributed by atoms with Crippen LogP contribution in [0.4, 0.5) is 0 Å². The third kappa shape index (κ3) is 3.59. The largest absolute Gasteiger partial charge is 0.468 e. The topological polar surface area (TPSA) is 54.5 Å². The normalized spacial score (nSPS) is 17.4. The molecule has 3 heterocycles. The Balaban J connectivity index is 1.55. The first-order chi connectivity index (χ1) is 11.0. The van der Waals surface area contributed by atoms with Crippen molar-refractivity contribution in [2.75, 3.05) is 26.2 Å². The fraction of sp³-hybridized carbons (Fsp3) is 0.500. The summed E-state index contributed by atoms with van der Waals surface area (Å²) >= 11 is 6.03. The number of aromatic nitrogens is 2. The standard InChI is InChI=1S/C16H21ClN4O2/c1-12-15(17)11-21(18-12)13(2)16(22)20-7-5-19(6-8-20)10-14-4-3-9-23-14/h3-4,9,11,13H,5-8,10H2,1-2H3. The fourth-order valence-corrected chi connectivity index (χ4v) is 2.92. The summed E-state index contributed by atoms with van der Waals surface area (Å²) < 4.78 is 7.02. The highest BCUT2D eigenvalue weighted by atomic mass is 35.5. The minimum absolute atomic E-state index is 0.0850. The van der Waals surface area contributed by atoms with Crippen LogP contribution < -0.4 is 0 Å². The van der Waals surface area contributed by atoms with Crippen molar-refractivity contribution >= 4 is 17.5 Å². The quantitative estimate of drug-likeness (QED) is 0.860. The first-order valence-electron chi connectivity index (χ1n) is 7.79. The van der Waals surface area contributed by atoms with E-state index in [9.17, 15) is 4.79 Å². The maximum atomic E-state index is 12.6. The summed E-state index contributed by atoms with van der Waals surface area (Å²) in [5.74, 6) is 1.04. The van der Waals surface area contributed by atoms with Gasteiger partial charge in [0.05, 0.1) is 23.5 Å². The lowest BCUT2D eigenvalue weighted by Gasteiger charge is -2.35. The zero-order valence-electron chi connectivity index (χ0n) is 13.4. The van der Waals surface area contributed by atoms with E-state index >= 15 is 0 Å². The van der Waals surface area contributed by atoms with E-state index in [-0.39, 0.29) is 11.9 Å². The summed E-state index contributed by atoms with van der Waals surface area (Å²) in [4.78, 5) is 16.8. The van der Waals surface area contributed by atoms with Crippen LogP contribution in [0.1, 0.15) is 24.4 Å². The molecule has 1 unspecified atom stereocenters. The third-order valence-corrected chi connectivity index (χ3v) is 4.63. The summed E-state index contributed by atoms with van der Waals surface area (Å²) in [5, 5.41) is 4.90. The van der Waals surface area contributed by atoms with Crippen LogP contribution in [0.3, 0.4) is 0 Å². The van der Waals surface area contributed by atoms with Crippen LogP contribution in [-0.4, -0.2) is 51.7 Å². The number of amides is 1. The van der Waals surface area contributed by atoms with Crippen LogP contribution in [-0.2, 0) is 11.3 Å². The summed E-state index contributed by atoms with van der Waals surface area (Å²) in [5.41, 5.74) is 0.745. The number of aryl methyl sites for hydroxylation is 1. The maximum Gasteiger partial charge on any atom is 0.247 e. The van der Waals surface area contributed by atoms with Crippen LogP contribution >= 0.6 is 11.6 Å². The van der Waals surface area contributed by atoms with Crippen molar-refractivity contribution in [1.29, 1.82) is 0 Å². The predicted octanol–water partition coefficient (Wildman–Crippen LogP) is 2.34. The van der Waals surface area contributed by atoms with Gasteiger partial charge in [0, 0.05) is 32.4 Å². The Morgan fingerprint density at radius 2 is 2.13 bits per heavy atom. The molecule has 3 rings (SSSR count). The zero-order valence-corrected chi connectivity index (χ0v) is 14.2. The summed E-state index contributed by atoms with van der Waals surface area (Å²) in [6, 6.07) is 3.54. The van der Waals surface area contributed by atoms with Crippen molar-refractivity contribution in [2.24, 2.45) is 0 Å². The van der Waals surface area contributed by atoms with E-state index < -0.39 is 0 Å². The molecule has 0 saturated carbocycles. The second-order valence-corrected chi connectivity index (χ2v) is 6.31. The summed E-state index contributed by atoms with van der Waals surface area (Å²) in [6.45, 7) is 7.62. The van der Waals surface area contributed by atoms with Crippen molar-refractivity contribution in [3.63, 3.8) is 0 Å². The second-order valence-electron chi connectivity index (χ2n) is 5.90. The highest BCUT2D eigenvalue weighted by molar-refractivity contribution is 6.31. The summed E-state index contributed by atoms with van der Waals surface area (Å²) in [6.07, 6.45) is 3.40. The molecule has 0 aromatic carbocycles. The number of piperazine rings is 1. The van der Waals surface area contributed by atoms with Crippen molar-refractivity contribution in [3.05, 3.63) is 41.1 Å². The van der Waals surface area contributed by atoms with E-state index in [4.69, 9.17) is 16.0 Å². The summed E-state index contributed by atoms with van der Waals surface area (Å²) in [7, 11) is 0. The van der Waals surface area contributed by atoms with Gasteiger partial charge < -0.3 is 9.32 Å². The van der Waals surface area contributed by atoms with Crippen LogP contribution in [0.5, 0.6) is 0 Å². The highest BCUT2D eigenvalue weighted by Crippen LogP contribution is 2.18. The molecule has 1 saturated heterocycles. The van der Waals surface area contributed by atoms with Gasteiger partial charge in [-0.15, -0.1) is 0 Å². The van der Waals surface area contributed by atoms with E-state index in [1.807, 2.05) is 30.9 Å². The molecule has 1 amide bonds. The van der Waals surface area contributed by atoms with Crippen molar-refractivity contribution in [2.45, 2.75) is 26.4 Å². The predicted molar refractivity (Wildman–Crippen MR) is 87.3 cm³/mol. The Morgan fingerprint density at radius 3 is 2.70 bits per heavy atom. The molecule has 0 radical (unpaired) electrons. The molecule has 0 aliphatic carbocycles. The number of hydrogen-bond acceptors (Lipinski definition) is 4. The average Bonchev–Trinajstić information content (AvgIpc) is 3.17. The van der Waals surface area contributed by atoms with Gasteiger partial charge in [0.2, 0.25) is 5.91 Å². The SMILES string of the molecule is Cc1nn(C(C)C(=O)N2CCN(Cc3ccco3)CC2)cc1Cl. The van der Waals surface area contributed by atoms with Crippen molar-refractivity contribution in [1.82, 2.24) is 19.6 Å². The molecule has 1 fully saturated rings. The monoisotopic (exact) mass is 336 g/mol. The van der Waals surface area contributed by atoms with Gasteiger partial charge in [0.15, 0.2) is 0 Å². The van der Waals surface area contributed by atoms with E-state index in [1.54, 1.807) is 17.1 Å². The van der Waals surface area contributed by atoms with Gasteiger partial charge in [-0.3, -0.25) is 14.4 Å². The Labute approximate surface area is 140 Å². The third-order valence-electron chi connectivity index (χ3n) is 4.25. The molecule has 2 aromatic rings. The first-order valence-corrected chi connectivity index (χ1v) is 8.17. The van der Waals surface area contributed by atoms with Gasteiger partial charge in [-0.25, -0.2) is 0 Å². The van der Waals surface area contributed by atoms with Crippen LogP contribution in [0.25, 0.3) is 0 Å². The number of furan rings is 1. The molecule has 7 heteroatoms. The van der Waals surface area contributed by atoms with Crippen molar-refractivity contribution < 1.29 is 9.21 Å². The van der Waals surface area contributed by atoms with E-state index in [0.717, 1.165) is 44.2 Å². The van der Waals surface area contributed by atoms with Gasteiger partial charge in [-0.05, 0) is 26.0 Å². The maximum absolute atomic E-state index is 12.6. The van der Waals surface area contributed by atoms with Gasteiger partial charge >= 0.3 is 0 Å². The van der Waals surface area contributed by atoms with Gasteiger partial charge in [-0.1, -0.05) is 11.6 Å². The molecule has 124 valence electrons. The average molecular weight is 337 g/mol. The molecule has 2 aromatic heterocycles. The lowest BCUT2D eigenvalue weighted by molar-refractivity contribution is -0.136. The van der Waals surface area contributed by atoms with Crippen LogP contribution in [0.15, 0.2) is 29.0 Å². The first kappa shape index (κ1) is 16.1. The van der Waals surface area contributed by atoms with Crippen molar-refractivity contribution in [3.8, 4) is 0 Å². The van der Waals surface area contributed by atoms with E-state index in [0.29, 0.717) is 5.02 Å². The molecule has 0 bridgehead atoms. The number of halogens is 1. The number of carbonyl (C=O) groups is 1. The Hall–Kier alpha value is -1.79. The fourth-order valence-electron chi connectivity index (χ4n) is 2.78. The van der Waals surface area contributed by atoms with Gasteiger partial charge in [0.1, 0.15) is 11.8 Å². The minimum Gasteiger partial charge on any atom is -0.468 e. The van der Waals surface area contributed by atoms with E-state index in [2.05, 4.69) is 10.00 Å². The number of nitrogens with zero attached hydrogens (tertiary/aromatic N) is 4. The molecule has 1 aliphatic rings. The molecule has 1 aliphatic heterocycles.